The minimum atomic E-state index is -0.199. The van der Waals surface area contributed by atoms with Crippen LogP contribution in [0.1, 0.15) is 17.9 Å². The third-order valence-electron chi connectivity index (χ3n) is 4.26. The molecule has 29 heavy (non-hydrogen) atoms. The van der Waals surface area contributed by atoms with Gasteiger partial charge >= 0.3 is 0 Å². The molecule has 0 unspecified atom stereocenters. The fourth-order valence-corrected chi connectivity index (χ4v) is 2.86. The maximum Gasteiger partial charge on any atom is 0.227 e. The zero-order valence-corrected chi connectivity index (χ0v) is 16.8. The zero-order chi connectivity index (χ0) is 20.8. The molecule has 1 N–H and O–H groups in total. The number of methoxy groups -OCH3 is 3. The summed E-state index contributed by atoms with van der Waals surface area (Å²) >= 11 is 0. The lowest BCUT2D eigenvalue weighted by Gasteiger charge is -2.14. The molecule has 0 saturated carbocycles. The molecule has 0 aliphatic heterocycles. The number of anilines is 1. The molecule has 0 fully saturated rings. The summed E-state index contributed by atoms with van der Waals surface area (Å²) in [5.74, 6) is 2.09. The molecular formula is C21H23N3O5. The Kier molecular flexibility index (Phi) is 6.33. The lowest BCUT2D eigenvalue weighted by Crippen LogP contribution is -2.12. The van der Waals surface area contributed by atoms with Crippen molar-refractivity contribution < 1.29 is 23.5 Å². The molecule has 0 bridgehead atoms. The van der Waals surface area contributed by atoms with Gasteiger partial charge in [0.15, 0.2) is 11.5 Å². The molecule has 3 aromatic rings. The Hall–Kier alpha value is -3.55. The highest BCUT2D eigenvalue weighted by molar-refractivity contribution is 5.91. The van der Waals surface area contributed by atoms with E-state index in [2.05, 4.69) is 15.5 Å². The average Bonchev–Trinajstić information content (AvgIpc) is 3.20. The first-order chi connectivity index (χ1) is 14.0. The standard InChI is InChI=1S/C21H23N3O5/c1-13-6-5-7-14(10-13)21-23-19(29-24-21)9-8-18(25)22-15-11-16(26-2)20(28-4)17(12-15)27-3/h5-7,10-12H,8-9H2,1-4H3,(H,22,25). The highest BCUT2D eigenvalue weighted by atomic mass is 16.5. The van der Waals surface area contributed by atoms with Crippen LogP contribution in [-0.4, -0.2) is 37.4 Å². The molecule has 2 aromatic carbocycles. The summed E-state index contributed by atoms with van der Waals surface area (Å²) in [6, 6.07) is 11.2. The van der Waals surface area contributed by atoms with Crippen molar-refractivity contribution in [3.63, 3.8) is 0 Å². The second-order valence-corrected chi connectivity index (χ2v) is 6.34. The van der Waals surface area contributed by atoms with E-state index in [1.807, 2.05) is 31.2 Å². The summed E-state index contributed by atoms with van der Waals surface area (Å²) in [6.07, 6.45) is 0.515. The lowest BCUT2D eigenvalue weighted by molar-refractivity contribution is -0.116. The second kappa shape index (κ2) is 9.09. The second-order valence-electron chi connectivity index (χ2n) is 6.34. The summed E-state index contributed by atoms with van der Waals surface area (Å²) in [6.45, 7) is 2.00. The normalized spacial score (nSPS) is 10.5. The van der Waals surface area contributed by atoms with Crippen molar-refractivity contribution in [1.82, 2.24) is 10.1 Å². The molecule has 0 saturated heterocycles. The molecule has 1 amide bonds. The van der Waals surface area contributed by atoms with Gasteiger partial charge in [0, 0.05) is 36.2 Å². The third-order valence-corrected chi connectivity index (χ3v) is 4.26. The molecule has 0 aliphatic rings. The Labute approximate surface area is 168 Å². The zero-order valence-electron chi connectivity index (χ0n) is 16.8. The van der Waals surface area contributed by atoms with E-state index in [4.69, 9.17) is 18.7 Å². The predicted octanol–water partition coefficient (Wildman–Crippen LogP) is 3.64. The smallest absolute Gasteiger partial charge is 0.227 e. The molecular weight excluding hydrogens is 374 g/mol. The molecule has 0 atom stereocenters. The number of aromatic nitrogens is 2. The van der Waals surface area contributed by atoms with Crippen molar-refractivity contribution >= 4 is 11.6 Å². The van der Waals surface area contributed by atoms with Gasteiger partial charge < -0.3 is 24.1 Å². The van der Waals surface area contributed by atoms with Crippen LogP contribution in [0.25, 0.3) is 11.4 Å². The Bertz CT molecular complexity index is 974. The van der Waals surface area contributed by atoms with Gasteiger partial charge in [0.05, 0.1) is 21.3 Å². The number of rotatable bonds is 8. The first-order valence-corrected chi connectivity index (χ1v) is 9.03. The Balaban J connectivity index is 1.63. The predicted molar refractivity (Wildman–Crippen MR) is 108 cm³/mol. The van der Waals surface area contributed by atoms with E-state index in [1.165, 1.54) is 21.3 Å². The van der Waals surface area contributed by atoms with Crippen LogP contribution in [0.15, 0.2) is 40.9 Å². The summed E-state index contributed by atoms with van der Waals surface area (Å²) in [5.41, 5.74) is 2.52. The molecule has 0 aliphatic carbocycles. The van der Waals surface area contributed by atoms with Gasteiger partial charge in [-0.15, -0.1) is 0 Å². The van der Waals surface area contributed by atoms with E-state index < -0.39 is 0 Å². The van der Waals surface area contributed by atoms with E-state index in [0.717, 1.165) is 11.1 Å². The van der Waals surface area contributed by atoms with Gasteiger partial charge in [0.2, 0.25) is 23.4 Å². The summed E-state index contributed by atoms with van der Waals surface area (Å²) in [5, 5.41) is 6.80. The van der Waals surface area contributed by atoms with Crippen molar-refractivity contribution in [2.75, 3.05) is 26.6 Å². The van der Waals surface area contributed by atoms with Crippen LogP contribution in [0.5, 0.6) is 17.2 Å². The summed E-state index contributed by atoms with van der Waals surface area (Å²) in [7, 11) is 4.56. The minimum absolute atomic E-state index is 0.187. The van der Waals surface area contributed by atoms with Gasteiger partial charge in [-0.05, 0) is 13.0 Å². The van der Waals surface area contributed by atoms with Gasteiger partial charge in [-0.1, -0.05) is 28.9 Å². The van der Waals surface area contributed by atoms with Crippen LogP contribution in [0.4, 0.5) is 5.69 Å². The van der Waals surface area contributed by atoms with Crippen LogP contribution in [0.2, 0.25) is 0 Å². The SMILES string of the molecule is COc1cc(NC(=O)CCc2nc(-c3cccc(C)c3)no2)cc(OC)c1OC. The van der Waals surface area contributed by atoms with Gasteiger partial charge in [0.1, 0.15) is 0 Å². The van der Waals surface area contributed by atoms with Crippen LogP contribution in [0, 0.1) is 6.92 Å². The van der Waals surface area contributed by atoms with E-state index >= 15 is 0 Å². The molecule has 0 radical (unpaired) electrons. The van der Waals surface area contributed by atoms with Gasteiger partial charge in [0.25, 0.3) is 0 Å². The van der Waals surface area contributed by atoms with Crippen molar-refractivity contribution in [1.29, 1.82) is 0 Å². The first-order valence-electron chi connectivity index (χ1n) is 9.03. The van der Waals surface area contributed by atoms with Crippen LogP contribution >= 0.6 is 0 Å². The first kappa shape index (κ1) is 20.2. The molecule has 1 heterocycles. The van der Waals surface area contributed by atoms with Crippen LogP contribution in [0.3, 0.4) is 0 Å². The largest absolute Gasteiger partial charge is 0.493 e. The monoisotopic (exact) mass is 397 g/mol. The van der Waals surface area contributed by atoms with Crippen LogP contribution < -0.4 is 19.5 Å². The lowest BCUT2D eigenvalue weighted by atomic mass is 10.1. The topological polar surface area (TPSA) is 95.7 Å². The molecule has 3 rings (SSSR count). The van der Waals surface area contributed by atoms with Gasteiger partial charge in [-0.2, -0.15) is 4.98 Å². The van der Waals surface area contributed by atoms with Gasteiger partial charge in [-0.25, -0.2) is 0 Å². The molecule has 152 valence electrons. The molecule has 1 aromatic heterocycles. The number of carbonyl (C=O) groups excluding carboxylic acids is 1. The highest BCUT2D eigenvalue weighted by Crippen LogP contribution is 2.39. The van der Waals surface area contributed by atoms with Crippen molar-refractivity contribution in [2.24, 2.45) is 0 Å². The molecule has 8 nitrogen and oxygen atoms in total. The third kappa shape index (κ3) is 4.84. The number of hydrogen-bond acceptors (Lipinski definition) is 7. The van der Waals surface area contributed by atoms with Crippen molar-refractivity contribution in [3.8, 4) is 28.6 Å². The van der Waals surface area contributed by atoms with E-state index in [9.17, 15) is 4.79 Å². The van der Waals surface area contributed by atoms with Gasteiger partial charge in [-0.3, -0.25) is 4.79 Å². The van der Waals surface area contributed by atoms with Crippen molar-refractivity contribution in [3.05, 3.63) is 47.9 Å². The summed E-state index contributed by atoms with van der Waals surface area (Å²) in [4.78, 5) is 16.7. The number of benzene rings is 2. The number of hydrogen-bond donors (Lipinski definition) is 1. The average molecular weight is 397 g/mol. The minimum Gasteiger partial charge on any atom is -0.493 e. The van der Waals surface area contributed by atoms with E-state index in [0.29, 0.717) is 41.1 Å². The van der Waals surface area contributed by atoms with E-state index in [1.54, 1.807) is 12.1 Å². The number of carbonyl (C=O) groups is 1. The highest BCUT2D eigenvalue weighted by Gasteiger charge is 2.15. The molecule has 8 heteroatoms. The number of aryl methyl sites for hydroxylation is 2. The Morgan fingerprint density at radius 2 is 1.79 bits per heavy atom. The maximum atomic E-state index is 12.3. The number of amides is 1. The number of ether oxygens (including phenoxy) is 3. The number of nitrogens with one attached hydrogen (secondary N) is 1. The maximum absolute atomic E-state index is 12.3. The fourth-order valence-electron chi connectivity index (χ4n) is 2.86. The molecule has 0 spiro atoms. The Morgan fingerprint density at radius 3 is 2.41 bits per heavy atom. The van der Waals surface area contributed by atoms with E-state index in [-0.39, 0.29) is 12.3 Å². The fraction of sp³-hybridized carbons (Fsp3) is 0.286. The van der Waals surface area contributed by atoms with Crippen molar-refractivity contribution in [2.45, 2.75) is 19.8 Å². The number of nitrogens with zero attached hydrogens (tertiary/aromatic N) is 2. The Morgan fingerprint density at radius 1 is 1.07 bits per heavy atom. The van der Waals surface area contributed by atoms with Crippen LogP contribution in [-0.2, 0) is 11.2 Å². The summed E-state index contributed by atoms with van der Waals surface area (Å²) < 4.78 is 21.1. The quantitative estimate of drug-likeness (QED) is 0.620.